The van der Waals surface area contributed by atoms with Crippen molar-refractivity contribution in [1.82, 2.24) is 14.1 Å². The molecule has 37 heavy (non-hydrogen) atoms. The van der Waals surface area contributed by atoms with Crippen LogP contribution in [0, 0.1) is 13.8 Å². The number of carbonyl (C=O) groups is 1. The average Bonchev–Trinajstić information content (AvgIpc) is 3.33. The Bertz CT molecular complexity index is 1190. The van der Waals surface area contributed by atoms with Crippen LogP contribution >= 0.6 is 0 Å². The summed E-state index contributed by atoms with van der Waals surface area (Å²) in [5, 5.41) is 0. The number of nitrogen functional groups attached to an aromatic ring is 1. The van der Waals surface area contributed by atoms with Gasteiger partial charge in [-0.3, -0.25) is 9.69 Å². The maximum Gasteiger partial charge on any atom is 0.248 e. The lowest BCUT2D eigenvalue weighted by atomic mass is 10.1. The molecule has 2 N–H and O–H groups in total. The van der Waals surface area contributed by atoms with E-state index >= 15 is 0 Å². The molecule has 0 spiro atoms. The van der Waals surface area contributed by atoms with E-state index in [4.69, 9.17) is 15.2 Å². The maximum absolute atomic E-state index is 13.6. The predicted octanol–water partition coefficient (Wildman–Crippen LogP) is 2.41. The number of aryl methyl sites for hydroxylation is 2. The molecule has 2 saturated heterocycles. The molecule has 0 radical (unpaired) electrons. The van der Waals surface area contributed by atoms with Crippen molar-refractivity contribution in [1.29, 1.82) is 0 Å². The molecular weight excluding hydrogens is 492 g/mol. The van der Waals surface area contributed by atoms with Gasteiger partial charge in [-0.05, 0) is 67.6 Å². The molecule has 2 fully saturated rings. The van der Waals surface area contributed by atoms with Gasteiger partial charge in [0.2, 0.25) is 15.9 Å². The first-order chi connectivity index (χ1) is 17.7. The van der Waals surface area contributed by atoms with Crippen LogP contribution in [0.15, 0.2) is 41.3 Å². The first kappa shape index (κ1) is 27.4. The Balaban J connectivity index is 1.27. The first-order valence-electron chi connectivity index (χ1n) is 12.8. The fourth-order valence-corrected chi connectivity index (χ4v) is 7.42. The number of rotatable bonds is 9. The van der Waals surface area contributed by atoms with Gasteiger partial charge in [0.1, 0.15) is 12.4 Å². The summed E-state index contributed by atoms with van der Waals surface area (Å²) < 4.78 is 39.7. The third kappa shape index (κ3) is 6.43. The summed E-state index contributed by atoms with van der Waals surface area (Å²) in [4.78, 5) is 17.2. The minimum absolute atomic E-state index is 0.0415. The topological polar surface area (TPSA) is 105 Å². The lowest BCUT2D eigenvalue weighted by Gasteiger charge is -2.35. The number of anilines is 1. The van der Waals surface area contributed by atoms with Crippen molar-refractivity contribution in [2.24, 2.45) is 0 Å². The van der Waals surface area contributed by atoms with Crippen LogP contribution < -0.4 is 10.5 Å². The molecule has 0 bridgehead atoms. The quantitative estimate of drug-likeness (QED) is 0.497. The van der Waals surface area contributed by atoms with Crippen molar-refractivity contribution < 1.29 is 22.7 Å². The third-order valence-corrected chi connectivity index (χ3v) is 9.44. The SMILES string of the molecule is COc1cc(C)c(S(=O)(=O)N2CCCC2COCC(=O)N2CCN(Cc3cccc(N)c3)CC2)c(C)c1. The number of hydrogen-bond donors (Lipinski definition) is 1. The Labute approximate surface area is 220 Å². The van der Waals surface area contributed by atoms with Crippen molar-refractivity contribution in [2.45, 2.75) is 44.2 Å². The molecule has 2 aromatic carbocycles. The van der Waals surface area contributed by atoms with Crippen molar-refractivity contribution in [3.05, 3.63) is 53.1 Å². The Morgan fingerprint density at radius 1 is 1.05 bits per heavy atom. The van der Waals surface area contributed by atoms with Gasteiger partial charge in [-0.1, -0.05) is 12.1 Å². The van der Waals surface area contributed by atoms with E-state index < -0.39 is 10.0 Å². The zero-order valence-corrected chi connectivity index (χ0v) is 22.8. The molecular formula is C27H38N4O5S. The standard InChI is InChI=1S/C27H38N4O5S/c1-20-14-25(35-3)15-21(2)27(20)37(33,34)31-9-5-8-24(31)18-36-19-26(32)30-12-10-29(11-13-30)17-22-6-4-7-23(28)16-22/h4,6-7,14-16,24H,5,8-13,17-19,28H2,1-3H3. The third-order valence-electron chi connectivity index (χ3n) is 7.18. The zero-order valence-electron chi connectivity index (χ0n) is 22.0. The van der Waals surface area contributed by atoms with E-state index in [1.54, 1.807) is 33.1 Å². The second kappa shape index (κ2) is 11.8. The van der Waals surface area contributed by atoms with E-state index in [2.05, 4.69) is 11.0 Å². The van der Waals surface area contributed by atoms with Gasteiger partial charge in [-0.2, -0.15) is 4.31 Å². The van der Waals surface area contributed by atoms with Gasteiger partial charge in [0.15, 0.2) is 0 Å². The number of benzene rings is 2. The van der Waals surface area contributed by atoms with E-state index in [9.17, 15) is 13.2 Å². The molecule has 2 aromatic rings. The van der Waals surface area contributed by atoms with Crippen LogP contribution in [0.25, 0.3) is 0 Å². The summed E-state index contributed by atoms with van der Waals surface area (Å²) in [5.41, 5.74) is 9.12. The first-order valence-corrected chi connectivity index (χ1v) is 14.2. The molecule has 2 aliphatic rings. The fourth-order valence-electron chi connectivity index (χ4n) is 5.32. The van der Waals surface area contributed by atoms with Gasteiger partial charge >= 0.3 is 0 Å². The molecule has 2 heterocycles. The van der Waals surface area contributed by atoms with Crippen LogP contribution in [0.5, 0.6) is 5.75 Å². The number of carbonyl (C=O) groups excluding carboxylic acids is 1. The summed E-state index contributed by atoms with van der Waals surface area (Å²) in [6, 6.07) is 11.1. The lowest BCUT2D eigenvalue weighted by molar-refractivity contribution is -0.138. The highest BCUT2D eigenvalue weighted by Gasteiger charge is 2.37. The van der Waals surface area contributed by atoms with E-state index in [1.807, 2.05) is 23.1 Å². The average molecular weight is 531 g/mol. The summed E-state index contributed by atoms with van der Waals surface area (Å²) in [6.45, 7) is 7.86. The molecule has 2 aliphatic heterocycles. The van der Waals surface area contributed by atoms with E-state index in [-0.39, 0.29) is 25.2 Å². The van der Waals surface area contributed by atoms with E-state index in [0.717, 1.165) is 31.7 Å². The van der Waals surface area contributed by atoms with Crippen LogP contribution in [0.4, 0.5) is 5.69 Å². The van der Waals surface area contributed by atoms with Gasteiger partial charge in [0, 0.05) is 51.0 Å². The molecule has 0 saturated carbocycles. The van der Waals surface area contributed by atoms with Gasteiger partial charge in [-0.15, -0.1) is 0 Å². The summed E-state index contributed by atoms with van der Waals surface area (Å²) in [6.07, 6.45) is 1.48. The summed E-state index contributed by atoms with van der Waals surface area (Å²) in [5.74, 6) is 0.581. The molecule has 1 amide bonds. The Hall–Kier alpha value is -2.66. The lowest BCUT2D eigenvalue weighted by Crippen LogP contribution is -2.49. The largest absolute Gasteiger partial charge is 0.497 e. The number of ether oxygens (including phenoxy) is 2. The zero-order chi connectivity index (χ0) is 26.6. The second-order valence-corrected chi connectivity index (χ2v) is 11.7. The van der Waals surface area contributed by atoms with Crippen molar-refractivity contribution in [2.75, 3.05) is 58.8 Å². The monoisotopic (exact) mass is 530 g/mol. The molecule has 0 aliphatic carbocycles. The molecule has 4 rings (SSSR count). The van der Waals surface area contributed by atoms with Gasteiger partial charge < -0.3 is 20.1 Å². The number of sulfonamides is 1. The van der Waals surface area contributed by atoms with Gasteiger partial charge in [-0.25, -0.2) is 8.42 Å². The van der Waals surface area contributed by atoms with Gasteiger partial charge in [0.05, 0.1) is 18.6 Å². The minimum Gasteiger partial charge on any atom is -0.497 e. The van der Waals surface area contributed by atoms with Gasteiger partial charge in [0.25, 0.3) is 0 Å². The van der Waals surface area contributed by atoms with Crippen molar-refractivity contribution >= 4 is 21.6 Å². The number of amides is 1. The Kier molecular flexibility index (Phi) is 8.74. The Morgan fingerprint density at radius 3 is 2.41 bits per heavy atom. The number of methoxy groups -OCH3 is 1. The van der Waals surface area contributed by atoms with Crippen molar-refractivity contribution in [3.63, 3.8) is 0 Å². The molecule has 202 valence electrons. The van der Waals surface area contributed by atoms with E-state index in [0.29, 0.717) is 47.8 Å². The highest BCUT2D eigenvalue weighted by atomic mass is 32.2. The highest BCUT2D eigenvalue weighted by molar-refractivity contribution is 7.89. The maximum atomic E-state index is 13.6. The number of nitrogens with zero attached hydrogens (tertiary/aromatic N) is 3. The minimum atomic E-state index is -3.69. The smallest absolute Gasteiger partial charge is 0.248 e. The number of piperazine rings is 1. The normalized spacial score (nSPS) is 19.3. The summed E-state index contributed by atoms with van der Waals surface area (Å²) >= 11 is 0. The molecule has 1 atom stereocenters. The molecule has 9 nitrogen and oxygen atoms in total. The van der Waals surface area contributed by atoms with Crippen molar-refractivity contribution in [3.8, 4) is 5.75 Å². The highest BCUT2D eigenvalue weighted by Crippen LogP contribution is 2.32. The van der Waals surface area contributed by atoms with Crippen LogP contribution in [0.2, 0.25) is 0 Å². The Morgan fingerprint density at radius 2 is 1.76 bits per heavy atom. The second-order valence-electron chi connectivity index (χ2n) is 9.92. The van der Waals surface area contributed by atoms with Crippen LogP contribution in [-0.2, 0) is 26.1 Å². The van der Waals surface area contributed by atoms with Crippen LogP contribution in [0.3, 0.4) is 0 Å². The van der Waals surface area contributed by atoms with E-state index in [1.165, 1.54) is 9.87 Å². The molecule has 10 heteroatoms. The van der Waals surface area contributed by atoms with Crippen LogP contribution in [0.1, 0.15) is 29.5 Å². The van der Waals surface area contributed by atoms with Crippen LogP contribution in [-0.4, -0.2) is 87.5 Å². The fraction of sp³-hybridized carbons (Fsp3) is 0.519. The number of nitrogens with two attached hydrogens (primary N) is 1. The molecule has 1 unspecified atom stereocenters. The molecule has 0 aromatic heterocycles. The predicted molar refractivity (Wildman–Crippen MR) is 143 cm³/mol. The number of hydrogen-bond acceptors (Lipinski definition) is 7. The summed E-state index contributed by atoms with van der Waals surface area (Å²) in [7, 11) is -2.12.